The number of benzene rings is 3. The molecule has 3 atom stereocenters. The van der Waals surface area contributed by atoms with E-state index in [4.69, 9.17) is 26.4 Å². The molecule has 4 amide bonds. The fraction of sp³-hybridized carbons (Fsp3) is 0.420. The number of hydrogen-bond acceptors (Lipinski definition) is 12. The SMILES string of the molecule is Cc1ncsc1-c1ccc(CNC(=O)[C@@H]2C[C@@H](O)CN2C(=O)C(C(C)C)N2CC(OCCCOCCCOc3ccc(N4C(=S)N(c5ccc(C#N)c(C(F)(F)F)c5)C(=O)C4(C)C)cc3)=CC2=O)cc1. The summed E-state index contributed by atoms with van der Waals surface area (Å²) in [6.45, 7) is 10.6. The third kappa shape index (κ3) is 11.3. The number of alkyl halides is 3. The van der Waals surface area contributed by atoms with E-state index in [2.05, 4.69) is 10.3 Å². The van der Waals surface area contributed by atoms with Gasteiger partial charge in [0.2, 0.25) is 11.8 Å². The lowest BCUT2D eigenvalue weighted by molar-refractivity contribution is -0.147. The first-order valence-electron chi connectivity index (χ1n) is 22.8. The topological polar surface area (TPSA) is 178 Å². The molecule has 0 aliphatic carbocycles. The van der Waals surface area contributed by atoms with Crippen LogP contribution in [0.5, 0.6) is 5.75 Å². The maximum Gasteiger partial charge on any atom is 0.417 e. The molecule has 0 spiro atoms. The standard InChI is InChI=1S/C50H54F3N7O8S2/c1-30(2)43(46(64)57-27-37(61)23-41(57)45(63)55-26-32-8-10-33(11-9-32)44-31(3)56-29-70-44)58-28-39(24-42(58)62)68-21-7-19-66-18-6-20-67-38-16-14-35(15-17-38)60-48(69)59(47(65)49(60,4)5)36-13-12-34(25-54)40(22-36)50(51,52)53/h8-17,22,24,29-30,37,41,43,61H,6-7,18-21,23,26-28H2,1-5H3,(H,55,63)/t37-,41+,43?/m1/s1. The number of halogens is 3. The van der Waals surface area contributed by atoms with Gasteiger partial charge in [-0.15, -0.1) is 11.3 Å². The van der Waals surface area contributed by atoms with Crippen molar-refractivity contribution in [3.8, 4) is 22.3 Å². The molecule has 4 heterocycles. The molecular weight excluding hydrogens is 948 g/mol. The monoisotopic (exact) mass is 1000 g/mol. The zero-order valence-corrected chi connectivity index (χ0v) is 41.0. The number of aliphatic hydroxyl groups is 1. The van der Waals surface area contributed by atoms with Crippen molar-refractivity contribution in [2.24, 2.45) is 5.92 Å². The zero-order chi connectivity index (χ0) is 50.5. The highest BCUT2D eigenvalue weighted by atomic mass is 32.1. The number of nitrogens with one attached hydrogen (secondary N) is 1. The lowest BCUT2D eigenvalue weighted by atomic mass is 10.0. The van der Waals surface area contributed by atoms with Gasteiger partial charge in [0.1, 0.15) is 29.1 Å². The van der Waals surface area contributed by atoms with Crippen LogP contribution in [-0.4, -0.2) is 112 Å². The number of carbonyl (C=O) groups excluding carboxylic acids is 4. The van der Waals surface area contributed by atoms with Crippen molar-refractivity contribution in [3.63, 3.8) is 0 Å². The Kier molecular flexibility index (Phi) is 16.0. The van der Waals surface area contributed by atoms with Gasteiger partial charge in [-0.2, -0.15) is 18.4 Å². The quantitative estimate of drug-likeness (QED) is 0.0718. The number of carbonyl (C=O) groups is 4. The number of rotatable bonds is 19. The van der Waals surface area contributed by atoms with Gasteiger partial charge < -0.3 is 39.3 Å². The van der Waals surface area contributed by atoms with Crippen molar-refractivity contribution in [2.75, 3.05) is 49.3 Å². The number of aryl methyl sites for hydroxylation is 1. The maximum absolute atomic E-state index is 14.1. The Morgan fingerprint density at radius 1 is 1.00 bits per heavy atom. The Balaban J connectivity index is 0.814. The van der Waals surface area contributed by atoms with Gasteiger partial charge in [-0.05, 0) is 92.5 Å². The number of β-amino-alcohol motifs (C(OH)–C–C–N with tert-alkyl or cyclic N) is 1. The second-order valence-electron chi connectivity index (χ2n) is 18.0. The summed E-state index contributed by atoms with van der Waals surface area (Å²) in [5.41, 5.74) is 2.15. The Morgan fingerprint density at radius 2 is 1.67 bits per heavy atom. The zero-order valence-electron chi connectivity index (χ0n) is 39.3. The molecule has 4 aromatic rings. The van der Waals surface area contributed by atoms with Gasteiger partial charge in [0.15, 0.2) is 5.11 Å². The molecule has 3 aliphatic heterocycles. The van der Waals surface area contributed by atoms with E-state index in [0.29, 0.717) is 49.9 Å². The highest BCUT2D eigenvalue weighted by Crippen LogP contribution is 2.40. The van der Waals surface area contributed by atoms with Crippen LogP contribution in [-0.2, 0) is 41.4 Å². The summed E-state index contributed by atoms with van der Waals surface area (Å²) in [6, 6.07) is 17.4. The van der Waals surface area contributed by atoms with Crippen LogP contribution in [0.4, 0.5) is 24.5 Å². The Hall–Kier alpha value is -6.40. The van der Waals surface area contributed by atoms with Gasteiger partial charge in [0.05, 0.1) is 64.8 Å². The van der Waals surface area contributed by atoms with Crippen LogP contribution in [0.15, 0.2) is 84.1 Å². The molecule has 1 aromatic heterocycles. The smallest absolute Gasteiger partial charge is 0.417 e. The number of thiocarbonyl (C=S) groups is 1. The highest BCUT2D eigenvalue weighted by Gasteiger charge is 2.51. The molecular formula is C50H54F3N7O8S2. The molecule has 1 unspecified atom stereocenters. The van der Waals surface area contributed by atoms with E-state index < -0.39 is 52.8 Å². The average molecular weight is 1000 g/mol. The average Bonchev–Trinajstić information content (AvgIpc) is 4.08. The number of aliphatic hydroxyl groups excluding tert-OH is 1. The number of likely N-dealkylation sites (tertiary alicyclic amines) is 1. The summed E-state index contributed by atoms with van der Waals surface area (Å²) in [5, 5.41) is 22.7. The number of thiazole rings is 1. The van der Waals surface area contributed by atoms with E-state index in [1.807, 2.05) is 45.0 Å². The fourth-order valence-electron chi connectivity index (χ4n) is 8.72. The minimum Gasteiger partial charge on any atom is -0.496 e. The molecule has 20 heteroatoms. The third-order valence-corrected chi connectivity index (χ3v) is 13.6. The molecule has 2 N–H and O–H groups in total. The van der Waals surface area contributed by atoms with E-state index in [1.54, 1.807) is 65.9 Å². The van der Waals surface area contributed by atoms with Crippen molar-refractivity contribution in [1.82, 2.24) is 20.1 Å². The molecule has 7 rings (SSSR count). The van der Waals surface area contributed by atoms with Gasteiger partial charge in [-0.1, -0.05) is 38.1 Å². The molecule has 2 saturated heterocycles. The largest absolute Gasteiger partial charge is 0.496 e. The summed E-state index contributed by atoms with van der Waals surface area (Å²) in [6.07, 6.45) is -3.14. The number of aromatic nitrogens is 1. The maximum atomic E-state index is 14.1. The lowest BCUT2D eigenvalue weighted by Gasteiger charge is -2.35. The Labute approximate surface area is 413 Å². The van der Waals surface area contributed by atoms with E-state index in [0.717, 1.165) is 38.7 Å². The molecule has 0 bridgehead atoms. The van der Waals surface area contributed by atoms with E-state index in [1.165, 1.54) is 21.9 Å². The predicted octanol–water partition coefficient (Wildman–Crippen LogP) is 7.15. The molecule has 15 nitrogen and oxygen atoms in total. The molecule has 3 aliphatic rings. The number of nitrogens with zero attached hydrogens (tertiary/aromatic N) is 6. The van der Waals surface area contributed by atoms with E-state index in [9.17, 15) is 42.7 Å². The molecule has 3 aromatic carbocycles. The van der Waals surface area contributed by atoms with Crippen LogP contribution in [0.1, 0.15) is 69.3 Å². The predicted molar refractivity (Wildman–Crippen MR) is 259 cm³/mol. The molecule has 2 fully saturated rings. The fourth-order valence-corrected chi connectivity index (χ4v) is 10.1. The highest BCUT2D eigenvalue weighted by molar-refractivity contribution is 7.81. The minimum atomic E-state index is -4.81. The van der Waals surface area contributed by atoms with Crippen LogP contribution in [0, 0.1) is 24.2 Å². The number of ether oxygens (including phenoxy) is 3. The number of anilines is 2. The van der Waals surface area contributed by atoms with E-state index in [-0.39, 0.29) is 61.2 Å². The summed E-state index contributed by atoms with van der Waals surface area (Å²) in [4.78, 5) is 65.2. The van der Waals surface area contributed by atoms with Crippen LogP contribution >= 0.6 is 23.6 Å². The molecule has 0 saturated carbocycles. The van der Waals surface area contributed by atoms with Crippen LogP contribution < -0.4 is 19.9 Å². The first-order valence-corrected chi connectivity index (χ1v) is 24.1. The number of nitriles is 1. The van der Waals surface area contributed by atoms with Crippen molar-refractivity contribution in [1.29, 1.82) is 5.26 Å². The van der Waals surface area contributed by atoms with Crippen LogP contribution in [0.25, 0.3) is 10.4 Å². The molecule has 70 heavy (non-hydrogen) atoms. The van der Waals surface area contributed by atoms with Gasteiger partial charge in [-0.25, -0.2) is 4.98 Å². The summed E-state index contributed by atoms with van der Waals surface area (Å²) >= 11 is 7.18. The van der Waals surface area contributed by atoms with E-state index >= 15 is 0 Å². The van der Waals surface area contributed by atoms with Gasteiger partial charge >= 0.3 is 6.18 Å². The van der Waals surface area contributed by atoms with Gasteiger partial charge in [0, 0.05) is 57.3 Å². The van der Waals surface area contributed by atoms with Crippen molar-refractivity contribution < 1.29 is 51.7 Å². The van der Waals surface area contributed by atoms with Gasteiger partial charge in [-0.3, -0.25) is 24.1 Å². The van der Waals surface area contributed by atoms with Crippen LogP contribution in [0.3, 0.4) is 0 Å². The summed E-state index contributed by atoms with van der Waals surface area (Å²) < 4.78 is 58.7. The second-order valence-corrected chi connectivity index (χ2v) is 19.2. The first kappa shape index (κ1) is 51.5. The lowest BCUT2D eigenvalue weighted by Crippen LogP contribution is -2.55. The summed E-state index contributed by atoms with van der Waals surface area (Å²) in [5.74, 6) is -1.03. The second kappa shape index (κ2) is 21.7. The third-order valence-electron chi connectivity index (χ3n) is 12.3. The van der Waals surface area contributed by atoms with Crippen LogP contribution in [0.2, 0.25) is 0 Å². The normalized spacial score (nSPS) is 18.4. The number of amides is 4. The van der Waals surface area contributed by atoms with Crippen molar-refractivity contribution in [2.45, 2.75) is 90.3 Å². The Morgan fingerprint density at radius 3 is 2.30 bits per heavy atom. The van der Waals surface area contributed by atoms with Gasteiger partial charge in [0.25, 0.3) is 11.8 Å². The van der Waals surface area contributed by atoms with Crippen molar-refractivity contribution >= 4 is 63.7 Å². The summed E-state index contributed by atoms with van der Waals surface area (Å²) in [7, 11) is 0. The first-order chi connectivity index (χ1) is 33.3. The minimum absolute atomic E-state index is 0.0132. The molecule has 0 radical (unpaired) electrons. The molecule has 370 valence electrons. The Bertz CT molecular complexity index is 2670. The van der Waals surface area contributed by atoms with Crippen molar-refractivity contribution in [3.05, 3.63) is 106 Å². The number of hydrogen-bond donors (Lipinski definition) is 2.